The molecule has 1 aromatic carbocycles. The molecule has 0 saturated heterocycles. The topological polar surface area (TPSA) is 59.6 Å². The van der Waals surface area contributed by atoms with Crippen LogP contribution in [-0.4, -0.2) is 0 Å². The lowest BCUT2D eigenvalue weighted by atomic mass is 10.2. The third kappa shape index (κ3) is 3.07. The number of nitrogens with zero attached hydrogens (tertiary/aromatic N) is 2. The molecular weight excluding hydrogens is 212 g/mol. The fourth-order valence-electron chi connectivity index (χ4n) is 0.970. The van der Waals surface area contributed by atoms with E-state index in [1.54, 1.807) is 12.1 Å². The Bertz CT molecular complexity index is 447. The molecule has 80 valence electrons. The van der Waals surface area contributed by atoms with E-state index >= 15 is 0 Å². The average Bonchev–Trinajstić information content (AvgIpc) is 2.31. The summed E-state index contributed by atoms with van der Waals surface area (Å²) in [5.41, 5.74) is 0.376. The third-order valence-electron chi connectivity index (χ3n) is 1.79. The van der Waals surface area contributed by atoms with Crippen LogP contribution in [0.3, 0.4) is 0 Å². The van der Waals surface area contributed by atoms with Gasteiger partial charge in [-0.25, -0.2) is 8.78 Å². The van der Waals surface area contributed by atoms with Crippen LogP contribution in [0.15, 0.2) is 36.0 Å². The van der Waals surface area contributed by atoms with Gasteiger partial charge in [0, 0.05) is 17.5 Å². The van der Waals surface area contributed by atoms with Crippen molar-refractivity contribution in [3.63, 3.8) is 0 Å². The summed E-state index contributed by atoms with van der Waals surface area (Å²) in [7, 11) is 0. The van der Waals surface area contributed by atoms with Crippen molar-refractivity contribution in [3.05, 3.63) is 41.6 Å². The maximum Gasteiger partial charge on any atom is 0.263 e. The van der Waals surface area contributed by atoms with Crippen molar-refractivity contribution in [1.29, 1.82) is 10.5 Å². The quantitative estimate of drug-likeness (QED) is 0.795. The highest BCUT2D eigenvalue weighted by molar-refractivity contribution is 5.50. The maximum absolute atomic E-state index is 12.2. The highest BCUT2D eigenvalue weighted by Gasteiger charge is 2.05. The highest BCUT2D eigenvalue weighted by Crippen LogP contribution is 2.20. The van der Waals surface area contributed by atoms with Crippen LogP contribution in [0.1, 0.15) is 12.0 Å². The Kier molecular flexibility index (Phi) is 3.99. The van der Waals surface area contributed by atoms with E-state index < -0.39 is 6.43 Å². The van der Waals surface area contributed by atoms with Crippen LogP contribution in [0.4, 0.5) is 14.5 Å². The number of benzene rings is 1. The van der Waals surface area contributed by atoms with E-state index in [0.29, 0.717) is 5.69 Å². The maximum atomic E-state index is 12.2. The summed E-state index contributed by atoms with van der Waals surface area (Å²) in [6, 6.07) is 8.79. The largest absolute Gasteiger partial charge is 0.360 e. The van der Waals surface area contributed by atoms with Gasteiger partial charge < -0.3 is 5.32 Å². The summed E-state index contributed by atoms with van der Waals surface area (Å²) < 4.78 is 24.4. The van der Waals surface area contributed by atoms with E-state index in [0.717, 1.165) is 0 Å². The number of hydrogen-bond donors (Lipinski definition) is 1. The average molecular weight is 219 g/mol. The number of halogens is 2. The Morgan fingerprint density at radius 3 is 2.19 bits per heavy atom. The van der Waals surface area contributed by atoms with Gasteiger partial charge in [0.05, 0.1) is 0 Å². The van der Waals surface area contributed by atoms with Crippen molar-refractivity contribution in [2.75, 3.05) is 5.32 Å². The molecule has 0 fully saturated rings. The van der Waals surface area contributed by atoms with Crippen LogP contribution in [0.25, 0.3) is 0 Å². The second-order valence-electron chi connectivity index (χ2n) is 2.85. The Hall–Kier alpha value is -2.40. The van der Waals surface area contributed by atoms with Gasteiger partial charge in [-0.2, -0.15) is 10.5 Å². The minimum atomic E-state index is -2.50. The van der Waals surface area contributed by atoms with Gasteiger partial charge in [-0.3, -0.25) is 0 Å². The molecule has 0 spiro atoms. The lowest BCUT2D eigenvalue weighted by Gasteiger charge is -2.02. The number of nitriles is 2. The van der Waals surface area contributed by atoms with Crippen LogP contribution < -0.4 is 5.32 Å². The van der Waals surface area contributed by atoms with E-state index in [4.69, 9.17) is 10.5 Å². The van der Waals surface area contributed by atoms with Crippen molar-refractivity contribution >= 4 is 5.69 Å². The number of allylic oxidation sites excluding steroid dienone is 1. The van der Waals surface area contributed by atoms with Gasteiger partial charge in [0.15, 0.2) is 0 Å². The van der Waals surface area contributed by atoms with Crippen LogP contribution in [-0.2, 0) is 0 Å². The lowest BCUT2D eigenvalue weighted by Crippen LogP contribution is -1.90. The van der Waals surface area contributed by atoms with Gasteiger partial charge >= 0.3 is 0 Å². The van der Waals surface area contributed by atoms with E-state index in [-0.39, 0.29) is 11.1 Å². The SMILES string of the molecule is N#CC(C#N)=CNc1ccc(C(F)F)cc1. The highest BCUT2D eigenvalue weighted by atomic mass is 19.3. The van der Waals surface area contributed by atoms with E-state index in [9.17, 15) is 8.78 Å². The van der Waals surface area contributed by atoms with Gasteiger partial charge in [0.1, 0.15) is 17.7 Å². The normalized spacial score (nSPS) is 9.06. The zero-order valence-electron chi connectivity index (χ0n) is 8.11. The van der Waals surface area contributed by atoms with Gasteiger partial charge in [-0.15, -0.1) is 0 Å². The molecule has 1 rings (SSSR count). The molecule has 0 aliphatic carbocycles. The molecule has 3 nitrogen and oxygen atoms in total. The van der Waals surface area contributed by atoms with Crippen LogP contribution in [0.5, 0.6) is 0 Å². The summed E-state index contributed by atoms with van der Waals surface area (Å²) in [4.78, 5) is 0. The Morgan fingerprint density at radius 1 is 1.19 bits per heavy atom. The second-order valence-corrected chi connectivity index (χ2v) is 2.85. The van der Waals surface area contributed by atoms with E-state index in [1.807, 2.05) is 0 Å². The fourth-order valence-corrected chi connectivity index (χ4v) is 0.970. The Labute approximate surface area is 91.2 Å². The number of anilines is 1. The molecule has 0 atom stereocenters. The molecule has 0 aliphatic rings. The van der Waals surface area contributed by atoms with Gasteiger partial charge in [0.25, 0.3) is 6.43 Å². The zero-order valence-corrected chi connectivity index (χ0v) is 8.11. The summed E-state index contributed by atoms with van der Waals surface area (Å²) in [6.07, 6.45) is -1.28. The molecule has 0 saturated carbocycles. The molecule has 0 bridgehead atoms. The second kappa shape index (κ2) is 5.47. The first-order chi connectivity index (χ1) is 7.67. The Morgan fingerprint density at radius 2 is 1.75 bits per heavy atom. The molecule has 16 heavy (non-hydrogen) atoms. The van der Waals surface area contributed by atoms with Gasteiger partial charge in [0.2, 0.25) is 0 Å². The van der Waals surface area contributed by atoms with Crippen LogP contribution in [0, 0.1) is 22.7 Å². The lowest BCUT2D eigenvalue weighted by molar-refractivity contribution is 0.151. The first-order valence-electron chi connectivity index (χ1n) is 4.32. The van der Waals surface area contributed by atoms with Crippen LogP contribution >= 0.6 is 0 Å². The van der Waals surface area contributed by atoms with Crippen molar-refractivity contribution in [2.24, 2.45) is 0 Å². The molecule has 1 aromatic rings. The molecule has 0 heterocycles. The predicted octanol–water partition coefficient (Wildman–Crippen LogP) is 2.97. The predicted molar refractivity (Wildman–Crippen MR) is 54.3 cm³/mol. The fraction of sp³-hybridized carbons (Fsp3) is 0.0909. The van der Waals surface area contributed by atoms with Crippen molar-refractivity contribution < 1.29 is 8.78 Å². The molecule has 0 unspecified atom stereocenters. The molecular formula is C11H7F2N3. The van der Waals surface area contributed by atoms with Crippen molar-refractivity contribution in [3.8, 4) is 12.1 Å². The van der Waals surface area contributed by atoms with Gasteiger partial charge in [-0.1, -0.05) is 12.1 Å². The molecule has 1 N–H and O–H groups in total. The van der Waals surface area contributed by atoms with Crippen molar-refractivity contribution in [1.82, 2.24) is 0 Å². The zero-order chi connectivity index (χ0) is 12.0. The molecule has 0 aromatic heterocycles. The smallest absolute Gasteiger partial charge is 0.263 e. The first kappa shape index (κ1) is 11.7. The van der Waals surface area contributed by atoms with Gasteiger partial charge in [-0.05, 0) is 12.1 Å². The summed E-state index contributed by atoms with van der Waals surface area (Å²) in [6.45, 7) is 0. The van der Waals surface area contributed by atoms with Crippen LogP contribution in [0.2, 0.25) is 0 Å². The monoisotopic (exact) mass is 219 g/mol. The number of alkyl halides is 2. The minimum Gasteiger partial charge on any atom is -0.360 e. The molecule has 5 heteroatoms. The molecule has 0 radical (unpaired) electrons. The number of nitrogens with one attached hydrogen (secondary N) is 1. The van der Waals surface area contributed by atoms with Crippen molar-refractivity contribution in [2.45, 2.75) is 6.43 Å². The molecule has 0 aliphatic heterocycles. The summed E-state index contributed by atoms with van der Waals surface area (Å²) in [5, 5.41) is 19.5. The van der Waals surface area contributed by atoms with E-state index in [2.05, 4.69) is 5.32 Å². The minimum absolute atomic E-state index is 0.0738. The standard InChI is InChI=1S/C11H7F2N3/c12-11(13)9-1-3-10(4-2-9)16-7-8(5-14)6-15/h1-4,7,11,16H. The third-order valence-corrected chi connectivity index (χ3v) is 1.79. The summed E-state index contributed by atoms with van der Waals surface area (Å²) in [5.74, 6) is 0. The van der Waals surface area contributed by atoms with E-state index in [1.165, 1.54) is 30.5 Å². The summed E-state index contributed by atoms with van der Waals surface area (Å²) >= 11 is 0. The first-order valence-corrected chi connectivity index (χ1v) is 4.32. The number of rotatable bonds is 3. The number of hydrogen-bond acceptors (Lipinski definition) is 3. The molecule has 0 amide bonds. The Balaban J connectivity index is 2.75.